The SMILES string of the molecule is Cc1ccc2c(Nc3ncnc(Nc4ccc(Cl)cc4Cl)c3N)cccc2n1. The summed E-state index contributed by atoms with van der Waals surface area (Å²) in [4.78, 5) is 13.0. The van der Waals surface area contributed by atoms with Crippen LogP contribution in [0.25, 0.3) is 10.9 Å². The number of aryl methyl sites for hydroxylation is 1. The second kappa shape index (κ2) is 7.50. The summed E-state index contributed by atoms with van der Waals surface area (Å²) in [6.45, 7) is 1.96. The van der Waals surface area contributed by atoms with Gasteiger partial charge in [-0.2, -0.15) is 0 Å². The molecule has 4 N–H and O–H groups in total. The summed E-state index contributed by atoms with van der Waals surface area (Å²) in [6, 6.07) is 15.0. The highest BCUT2D eigenvalue weighted by atomic mass is 35.5. The normalized spacial score (nSPS) is 10.8. The highest BCUT2D eigenvalue weighted by Crippen LogP contribution is 2.33. The van der Waals surface area contributed by atoms with Crippen molar-refractivity contribution in [3.05, 3.63) is 70.6 Å². The molecule has 6 nitrogen and oxygen atoms in total. The Morgan fingerprint density at radius 1 is 0.893 bits per heavy atom. The van der Waals surface area contributed by atoms with Gasteiger partial charge in [-0.05, 0) is 49.4 Å². The topological polar surface area (TPSA) is 88.8 Å². The molecule has 0 radical (unpaired) electrons. The Bertz CT molecular complexity index is 1180. The zero-order valence-electron chi connectivity index (χ0n) is 14.9. The molecule has 4 aromatic rings. The predicted octanol–water partition coefficient (Wildman–Crippen LogP) is 5.71. The molecule has 8 heteroatoms. The molecule has 140 valence electrons. The number of nitrogen functional groups attached to an aromatic ring is 1. The van der Waals surface area contributed by atoms with Crippen molar-refractivity contribution < 1.29 is 0 Å². The van der Waals surface area contributed by atoms with Gasteiger partial charge in [-0.25, -0.2) is 9.97 Å². The first-order valence-corrected chi connectivity index (χ1v) is 9.23. The van der Waals surface area contributed by atoms with Crippen LogP contribution >= 0.6 is 23.2 Å². The van der Waals surface area contributed by atoms with Gasteiger partial charge in [0.1, 0.15) is 12.0 Å². The highest BCUT2D eigenvalue weighted by molar-refractivity contribution is 6.36. The molecular weight excluding hydrogens is 395 g/mol. The molecule has 0 fully saturated rings. The third-order valence-corrected chi connectivity index (χ3v) is 4.74. The fraction of sp³-hybridized carbons (Fsp3) is 0.0500. The average molecular weight is 411 g/mol. The molecule has 2 aromatic carbocycles. The second-order valence-corrected chi connectivity index (χ2v) is 7.03. The van der Waals surface area contributed by atoms with Crippen molar-refractivity contribution >= 4 is 62.8 Å². The third kappa shape index (κ3) is 3.65. The number of rotatable bonds is 4. The number of nitrogens with two attached hydrogens (primary N) is 1. The minimum atomic E-state index is 0.366. The van der Waals surface area contributed by atoms with Crippen molar-refractivity contribution in [1.29, 1.82) is 0 Å². The van der Waals surface area contributed by atoms with Crippen molar-refractivity contribution in [1.82, 2.24) is 15.0 Å². The van der Waals surface area contributed by atoms with Gasteiger partial charge in [-0.1, -0.05) is 29.3 Å². The predicted molar refractivity (Wildman–Crippen MR) is 116 cm³/mol. The van der Waals surface area contributed by atoms with Crippen LogP contribution in [-0.2, 0) is 0 Å². The third-order valence-electron chi connectivity index (χ3n) is 4.19. The van der Waals surface area contributed by atoms with Gasteiger partial charge in [0.15, 0.2) is 11.6 Å². The fourth-order valence-electron chi connectivity index (χ4n) is 2.81. The van der Waals surface area contributed by atoms with Crippen molar-refractivity contribution in [3.63, 3.8) is 0 Å². The molecule has 0 saturated heterocycles. The van der Waals surface area contributed by atoms with Crippen molar-refractivity contribution in [2.75, 3.05) is 16.4 Å². The van der Waals surface area contributed by atoms with Crippen LogP contribution in [0.5, 0.6) is 0 Å². The Morgan fingerprint density at radius 2 is 1.64 bits per heavy atom. The summed E-state index contributed by atoms with van der Waals surface area (Å²) in [5.41, 5.74) is 10.0. The van der Waals surface area contributed by atoms with Crippen molar-refractivity contribution in [2.45, 2.75) is 6.92 Å². The molecule has 0 spiro atoms. The largest absolute Gasteiger partial charge is 0.393 e. The number of nitrogens with one attached hydrogen (secondary N) is 2. The highest BCUT2D eigenvalue weighted by Gasteiger charge is 2.12. The first kappa shape index (κ1) is 18.3. The molecule has 2 aromatic heterocycles. The number of anilines is 5. The maximum atomic E-state index is 6.29. The molecule has 28 heavy (non-hydrogen) atoms. The van der Waals surface area contributed by atoms with Gasteiger partial charge in [0.2, 0.25) is 0 Å². The van der Waals surface area contributed by atoms with Crippen molar-refractivity contribution in [2.24, 2.45) is 0 Å². The molecule has 0 aliphatic rings. The van der Waals surface area contributed by atoms with Crippen LogP contribution in [0.15, 0.2) is 54.9 Å². The van der Waals surface area contributed by atoms with E-state index in [0.717, 1.165) is 22.3 Å². The molecule has 0 saturated carbocycles. The zero-order chi connectivity index (χ0) is 19.7. The Kier molecular flexibility index (Phi) is 4.90. The Balaban J connectivity index is 1.68. The van der Waals surface area contributed by atoms with Gasteiger partial charge < -0.3 is 16.4 Å². The van der Waals surface area contributed by atoms with E-state index in [1.165, 1.54) is 6.33 Å². The van der Waals surface area contributed by atoms with Crippen LogP contribution in [-0.4, -0.2) is 15.0 Å². The number of fused-ring (bicyclic) bond motifs is 1. The van der Waals surface area contributed by atoms with Crippen molar-refractivity contribution in [3.8, 4) is 0 Å². The van der Waals surface area contributed by atoms with Crippen LogP contribution in [0.1, 0.15) is 5.69 Å². The van der Waals surface area contributed by atoms with Crippen LogP contribution in [0.4, 0.5) is 28.7 Å². The van der Waals surface area contributed by atoms with Gasteiger partial charge in [-0.3, -0.25) is 4.98 Å². The van der Waals surface area contributed by atoms with Crippen LogP contribution in [0.3, 0.4) is 0 Å². The quantitative estimate of drug-likeness (QED) is 0.399. The Morgan fingerprint density at radius 3 is 2.39 bits per heavy atom. The lowest BCUT2D eigenvalue weighted by Crippen LogP contribution is -2.05. The number of pyridine rings is 1. The van der Waals surface area contributed by atoms with Gasteiger partial charge in [0.25, 0.3) is 0 Å². The van der Waals surface area contributed by atoms with Gasteiger partial charge in [0, 0.05) is 21.8 Å². The number of hydrogen-bond acceptors (Lipinski definition) is 6. The Hall–Kier alpha value is -3.09. The maximum Gasteiger partial charge on any atom is 0.159 e. The van der Waals surface area contributed by atoms with Gasteiger partial charge in [0.05, 0.1) is 16.2 Å². The maximum absolute atomic E-state index is 6.29. The van der Waals surface area contributed by atoms with Gasteiger partial charge >= 0.3 is 0 Å². The summed E-state index contributed by atoms with van der Waals surface area (Å²) in [5.74, 6) is 0.923. The van der Waals surface area contributed by atoms with E-state index in [0.29, 0.717) is 33.1 Å². The molecule has 4 rings (SSSR count). The monoisotopic (exact) mass is 410 g/mol. The molecule has 0 atom stereocenters. The zero-order valence-corrected chi connectivity index (χ0v) is 16.4. The second-order valence-electron chi connectivity index (χ2n) is 6.18. The smallest absolute Gasteiger partial charge is 0.159 e. The molecule has 0 amide bonds. The van der Waals surface area contributed by atoms with E-state index in [4.69, 9.17) is 28.9 Å². The number of benzene rings is 2. The first-order valence-electron chi connectivity index (χ1n) is 8.47. The average Bonchev–Trinajstić information content (AvgIpc) is 2.67. The lowest BCUT2D eigenvalue weighted by atomic mass is 10.1. The lowest BCUT2D eigenvalue weighted by Gasteiger charge is -2.14. The minimum absolute atomic E-state index is 0.366. The van der Waals surface area contributed by atoms with E-state index in [1.54, 1.807) is 18.2 Å². The lowest BCUT2D eigenvalue weighted by molar-refractivity contribution is 1.17. The van der Waals surface area contributed by atoms with E-state index in [-0.39, 0.29) is 0 Å². The molecule has 2 heterocycles. The summed E-state index contributed by atoms with van der Waals surface area (Å²) in [6.07, 6.45) is 1.43. The van der Waals surface area contributed by atoms with E-state index in [1.807, 2.05) is 37.3 Å². The summed E-state index contributed by atoms with van der Waals surface area (Å²) in [7, 11) is 0. The van der Waals surface area contributed by atoms with Gasteiger partial charge in [-0.15, -0.1) is 0 Å². The molecule has 0 aliphatic carbocycles. The summed E-state index contributed by atoms with van der Waals surface area (Å²) >= 11 is 12.2. The number of nitrogens with zero attached hydrogens (tertiary/aromatic N) is 3. The molecular formula is C20H16Cl2N6. The van der Waals surface area contributed by atoms with Crippen LogP contribution in [0, 0.1) is 6.92 Å². The number of halogens is 2. The van der Waals surface area contributed by atoms with E-state index >= 15 is 0 Å². The standard InChI is InChI=1S/C20H16Cl2N6/c1-11-5-7-13-15(26-11)3-2-4-16(13)27-19-18(23)20(25-10-24-19)28-17-8-6-12(21)9-14(17)22/h2-10H,23H2,1H3,(H2,24,25,27,28). The number of aromatic nitrogens is 3. The van der Waals surface area contributed by atoms with E-state index in [2.05, 4.69) is 25.6 Å². The number of hydrogen-bond donors (Lipinski definition) is 3. The van der Waals surface area contributed by atoms with Crippen LogP contribution < -0.4 is 16.4 Å². The summed E-state index contributed by atoms with van der Waals surface area (Å²) < 4.78 is 0. The fourth-order valence-corrected chi connectivity index (χ4v) is 3.26. The molecule has 0 bridgehead atoms. The van der Waals surface area contributed by atoms with E-state index < -0.39 is 0 Å². The minimum Gasteiger partial charge on any atom is -0.393 e. The van der Waals surface area contributed by atoms with E-state index in [9.17, 15) is 0 Å². The first-order chi connectivity index (χ1) is 13.5. The Labute approximate surface area is 171 Å². The summed E-state index contributed by atoms with van der Waals surface area (Å²) in [5, 5.41) is 8.38. The molecule has 0 aliphatic heterocycles. The molecule has 0 unspecified atom stereocenters. The van der Waals surface area contributed by atoms with Crippen LogP contribution in [0.2, 0.25) is 10.0 Å².